The molecular formula is C23H22F2N6O. The average molecular weight is 436 g/mol. The zero-order valence-corrected chi connectivity index (χ0v) is 17.6. The van der Waals surface area contributed by atoms with Crippen LogP contribution in [0.3, 0.4) is 0 Å². The average Bonchev–Trinajstić information content (AvgIpc) is 3.31. The van der Waals surface area contributed by atoms with E-state index in [0.29, 0.717) is 22.7 Å². The molecule has 0 amide bonds. The standard InChI is InChI=1S/C23H22F2N6O/c1-14-10-21(19-11-16(24)12-20(25)22(19)26-14)32-17-6-8-31(9-7-17)13-15-4-2-3-5-18(15)23-27-29-30-28-23/h2-5,10-12,17H,6-9,13H2,1H3,(H,27,28,29,30). The Morgan fingerprint density at radius 2 is 1.94 bits per heavy atom. The zero-order chi connectivity index (χ0) is 22.1. The number of benzene rings is 2. The van der Waals surface area contributed by atoms with E-state index in [1.165, 1.54) is 6.07 Å². The van der Waals surface area contributed by atoms with E-state index < -0.39 is 11.6 Å². The summed E-state index contributed by atoms with van der Waals surface area (Å²) >= 11 is 0. The van der Waals surface area contributed by atoms with Gasteiger partial charge in [-0.1, -0.05) is 24.3 Å². The van der Waals surface area contributed by atoms with Crippen molar-refractivity contribution >= 4 is 10.9 Å². The molecule has 1 saturated heterocycles. The van der Waals surface area contributed by atoms with Crippen LogP contribution in [0.4, 0.5) is 8.78 Å². The summed E-state index contributed by atoms with van der Waals surface area (Å²) in [6.45, 7) is 4.23. The van der Waals surface area contributed by atoms with Crippen LogP contribution in [0.1, 0.15) is 24.1 Å². The quantitative estimate of drug-likeness (QED) is 0.509. The first-order valence-electron chi connectivity index (χ1n) is 10.5. The number of hydrogen-bond donors (Lipinski definition) is 1. The number of aryl methyl sites for hydroxylation is 1. The Balaban J connectivity index is 1.28. The molecule has 1 aliphatic rings. The van der Waals surface area contributed by atoms with Crippen molar-refractivity contribution in [3.05, 3.63) is 65.4 Å². The van der Waals surface area contributed by atoms with Crippen molar-refractivity contribution in [1.29, 1.82) is 0 Å². The fraction of sp³-hybridized carbons (Fsp3) is 0.304. The normalized spacial score (nSPS) is 15.3. The minimum atomic E-state index is -0.677. The first kappa shape index (κ1) is 20.4. The molecule has 2 aromatic heterocycles. The third kappa shape index (κ3) is 4.16. The zero-order valence-electron chi connectivity index (χ0n) is 17.6. The number of nitrogens with zero attached hydrogens (tertiary/aromatic N) is 5. The number of fused-ring (bicyclic) bond motifs is 1. The minimum Gasteiger partial charge on any atom is -0.490 e. The molecule has 0 unspecified atom stereocenters. The van der Waals surface area contributed by atoms with Gasteiger partial charge >= 0.3 is 0 Å². The smallest absolute Gasteiger partial charge is 0.204 e. The lowest BCUT2D eigenvalue weighted by Gasteiger charge is -2.32. The van der Waals surface area contributed by atoms with Crippen LogP contribution in [0.25, 0.3) is 22.3 Å². The first-order chi connectivity index (χ1) is 15.6. The Morgan fingerprint density at radius 3 is 2.72 bits per heavy atom. The lowest BCUT2D eigenvalue weighted by atomic mass is 10.0. The van der Waals surface area contributed by atoms with Gasteiger partial charge in [-0.05, 0) is 36.6 Å². The van der Waals surface area contributed by atoms with Gasteiger partial charge in [-0.15, -0.1) is 10.2 Å². The number of piperidine rings is 1. The number of hydrogen-bond acceptors (Lipinski definition) is 6. The second kappa shape index (κ2) is 8.58. The molecule has 164 valence electrons. The topological polar surface area (TPSA) is 79.8 Å². The summed E-state index contributed by atoms with van der Waals surface area (Å²) in [4.78, 5) is 6.57. The Kier molecular flexibility index (Phi) is 5.48. The molecule has 1 fully saturated rings. The van der Waals surface area contributed by atoms with Crippen LogP contribution in [0.15, 0.2) is 42.5 Å². The summed E-state index contributed by atoms with van der Waals surface area (Å²) in [6, 6.07) is 11.9. The van der Waals surface area contributed by atoms with E-state index in [1.54, 1.807) is 13.0 Å². The van der Waals surface area contributed by atoms with Gasteiger partial charge in [0, 0.05) is 48.4 Å². The highest BCUT2D eigenvalue weighted by atomic mass is 19.1. The highest BCUT2D eigenvalue weighted by molar-refractivity contribution is 5.85. The third-order valence-corrected chi connectivity index (χ3v) is 5.75. The molecule has 0 spiro atoms. The number of halogens is 2. The lowest BCUT2D eigenvalue weighted by molar-refractivity contribution is 0.0979. The Morgan fingerprint density at radius 1 is 1.12 bits per heavy atom. The van der Waals surface area contributed by atoms with Gasteiger partial charge in [0.2, 0.25) is 5.82 Å². The number of tetrazole rings is 1. The second-order valence-corrected chi connectivity index (χ2v) is 8.03. The van der Waals surface area contributed by atoms with E-state index >= 15 is 0 Å². The molecule has 0 bridgehead atoms. The Hall–Kier alpha value is -3.46. The number of aromatic amines is 1. The van der Waals surface area contributed by atoms with Gasteiger partial charge in [-0.2, -0.15) is 5.21 Å². The predicted molar refractivity (Wildman–Crippen MR) is 115 cm³/mol. The molecule has 1 N–H and O–H groups in total. The summed E-state index contributed by atoms with van der Waals surface area (Å²) in [5, 5.41) is 14.7. The molecule has 5 rings (SSSR count). The van der Waals surface area contributed by atoms with Crippen molar-refractivity contribution in [2.75, 3.05) is 13.1 Å². The van der Waals surface area contributed by atoms with E-state index in [4.69, 9.17) is 4.74 Å². The van der Waals surface area contributed by atoms with Crippen LogP contribution in [-0.2, 0) is 6.54 Å². The Labute approximate surface area is 183 Å². The summed E-state index contributed by atoms with van der Waals surface area (Å²) in [6.07, 6.45) is 1.59. The van der Waals surface area contributed by atoms with Crippen molar-refractivity contribution in [3.8, 4) is 17.1 Å². The number of pyridine rings is 1. The fourth-order valence-corrected chi connectivity index (χ4v) is 4.20. The highest BCUT2D eigenvalue weighted by Crippen LogP contribution is 2.31. The molecule has 0 radical (unpaired) electrons. The molecule has 7 nitrogen and oxygen atoms in total. The van der Waals surface area contributed by atoms with Gasteiger partial charge in [0.25, 0.3) is 0 Å². The van der Waals surface area contributed by atoms with Gasteiger partial charge in [-0.25, -0.2) is 13.8 Å². The number of H-pyrrole nitrogens is 1. The largest absolute Gasteiger partial charge is 0.490 e. The molecule has 9 heteroatoms. The summed E-state index contributed by atoms with van der Waals surface area (Å²) in [5.41, 5.74) is 2.86. The van der Waals surface area contributed by atoms with E-state index in [2.05, 4.69) is 36.6 Å². The molecule has 0 aliphatic carbocycles. The lowest BCUT2D eigenvalue weighted by Crippen LogP contribution is -2.38. The minimum absolute atomic E-state index is 0.0324. The molecule has 3 heterocycles. The number of likely N-dealkylation sites (tertiary alicyclic amines) is 1. The molecule has 1 aliphatic heterocycles. The molecule has 2 aromatic carbocycles. The molecule has 32 heavy (non-hydrogen) atoms. The molecule has 0 saturated carbocycles. The monoisotopic (exact) mass is 436 g/mol. The van der Waals surface area contributed by atoms with E-state index in [-0.39, 0.29) is 11.6 Å². The van der Waals surface area contributed by atoms with E-state index in [0.717, 1.165) is 49.7 Å². The SMILES string of the molecule is Cc1cc(OC2CCN(Cc3ccccc3-c3nn[nH]n3)CC2)c2cc(F)cc(F)c2n1. The molecule has 0 atom stereocenters. The van der Waals surface area contributed by atoms with Gasteiger partial charge < -0.3 is 4.74 Å². The second-order valence-electron chi connectivity index (χ2n) is 8.03. The van der Waals surface area contributed by atoms with Crippen molar-refractivity contribution in [2.45, 2.75) is 32.4 Å². The van der Waals surface area contributed by atoms with Crippen LogP contribution in [0.2, 0.25) is 0 Å². The number of nitrogens with one attached hydrogen (secondary N) is 1. The van der Waals surface area contributed by atoms with Crippen molar-refractivity contribution in [2.24, 2.45) is 0 Å². The Bertz CT molecular complexity index is 1240. The van der Waals surface area contributed by atoms with Gasteiger partial charge in [0.15, 0.2) is 5.82 Å². The maximum Gasteiger partial charge on any atom is 0.204 e. The summed E-state index contributed by atoms with van der Waals surface area (Å²) < 4.78 is 34.2. The van der Waals surface area contributed by atoms with Crippen molar-refractivity contribution in [3.63, 3.8) is 0 Å². The summed E-state index contributed by atoms with van der Waals surface area (Å²) in [7, 11) is 0. The number of ether oxygens (including phenoxy) is 1. The first-order valence-corrected chi connectivity index (χ1v) is 10.5. The van der Waals surface area contributed by atoms with Gasteiger partial charge in [0.1, 0.15) is 23.2 Å². The molecule has 4 aromatic rings. The van der Waals surface area contributed by atoms with Crippen molar-refractivity contribution < 1.29 is 13.5 Å². The summed E-state index contributed by atoms with van der Waals surface area (Å²) in [5.74, 6) is -0.255. The predicted octanol–water partition coefficient (Wildman–Crippen LogP) is 4.04. The van der Waals surface area contributed by atoms with Gasteiger partial charge in [0.05, 0.1) is 0 Å². The third-order valence-electron chi connectivity index (χ3n) is 5.75. The van der Waals surface area contributed by atoms with Gasteiger partial charge in [-0.3, -0.25) is 4.90 Å². The maximum atomic E-state index is 14.2. The molecular weight excluding hydrogens is 414 g/mol. The fourth-order valence-electron chi connectivity index (χ4n) is 4.20. The van der Waals surface area contributed by atoms with Crippen LogP contribution >= 0.6 is 0 Å². The highest BCUT2D eigenvalue weighted by Gasteiger charge is 2.23. The van der Waals surface area contributed by atoms with Crippen LogP contribution in [0.5, 0.6) is 5.75 Å². The van der Waals surface area contributed by atoms with Crippen molar-refractivity contribution in [1.82, 2.24) is 30.5 Å². The maximum absolute atomic E-state index is 14.2. The van der Waals surface area contributed by atoms with Crippen LogP contribution in [-0.4, -0.2) is 49.7 Å². The number of rotatable bonds is 5. The van der Waals surface area contributed by atoms with Crippen LogP contribution < -0.4 is 4.74 Å². The number of aromatic nitrogens is 5. The van der Waals surface area contributed by atoms with E-state index in [1.807, 2.05) is 18.2 Å². The van der Waals surface area contributed by atoms with Crippen LogP contribution in [0, 0.1) is 18.6 Å². The van der Waals surface area contributed by atoms with E-state index in [9.17, 15) is 8.78 Å².